The van der Waals surface area contributed by atoms with Crippen LogP contribution in [0.2, 0.25) is 0 Å². The molecule has 0 bridgehead atoms. The van der Waals surface area contributed by atoms with Gasteiger partial charge in [-0.3, -0.25) is 19.9 Å². The molecule has 4 aromatic rings. The summed E-state index contributed by atoms with van der Waals surface area (Å²) >= 11 is 0. The van der Waals surface area contributed by atoms with Crippen LogP contribution in [0.4, 0.5) is 16.4 Å². The fourth-order valence-corrected chi connectivity index (χ4v) is 4.11. The third kappa shape index (κ3) is 4.22. The number of fused-ring (bicyclic) bond motifs is 3. The van der Waals surface area contributed by atoms with E-state index in [1.165, 1.54) is 23.9 Å². The number of carbonyl (C=O) groups excluding carboxylic acids is 2. The highest BCUT2D eigenvalue weighted by atomic mass is 16.5. The highest BCUT2D eigenvalue weighted by molar-refractivity contribution is 6.03. The minimum atomic E-state index is -1.21. The maximum Gasteiger partial charge on any atom is 0.412 e. The van der Waals surface area contributed by atoms with Gasteiger partial charge in [-0.25, -0.2) is 9.59 Å². The number of hydrogen-bond donors (Lipinski definition) is 4. The zero-order chi connectivity index (χ0) is 24.5. The molecule has 0 unspecified atom stereocenters. The van der Waals surface area contributed by atoms with E-state index in [1.54, 1.807) is 0 Å². The summed E-state index contributed by atoms with van der Waals surface area (Å²) in [5, 5.41) is 24.3. The lowest BCUT2D eigenvalue weighted by molar-refractivity contribution is 0.0689. The monoisotopic (exact) mass is 472 g/mol. The molecule has 1 aliphatic carbocycles. The molecule has 4 N–H and O–H groups in total. The first-order valence-corrected chi connectivity index (χ1v) is 10.7. The minimum absolute atomic E-state index is 0.0528. The van der Waals surface area contributed by atoms with Gasteiger partial charge >= 0.3 is 12.1 Å². The average molecular weight is 472 g/mol. The molecule has 0 fully saturated rings. The highest BCUT2D eigenvalue weighted by Gasteiger charge is 2.29. The molecule has 2 heterocycles. The Hall–Kier alpha value is -4.93. The van der Waals surface area contributed by atoms with Crippen molar-refractivity contribution in [1.29, 1.82) is 0 Å². The summed E-state index contributed by atoms with van der Waals surface area (Å²) in [5.41, 5.74) is 4.30. The van der Waals surface area contributed by atoms with Gasteiger partial charge in [-0.1, -0.05) is 48.5 Å². The van der Waals surface area contributed by atoms with Crippen LogP contribution in [0.5, 0.6) is 0 Å². The number of aromatic carboxylic acids is 1. The Morgan fingerprint density at radius 1 is 1.03 bits per heavy atom. The molecule has 0 saturated carbocycles. The fraction of sp³-hybridized carbons (Fsp3) is 0.125. The number of hydrogen-bond acceptors (Lipinski definition) is 6. The second kappa shape index (κ2) is 8.78. The number of anilines is 2. The van der Waals surface area contributed by atoms with Gasteiger partial charge in [-0.2, -0.15) is 10.2 Å². The van der Waals surface area contributed by atoms with E-state index in [9.17, 15) is 14.4 Å². The van der Waals surface area contributed by atoms with Crippen LogP contribution in [0.25, 0.3) is 11.1 Å². The first-order chi connectivity index (χ1) is 16.9. The predicted octanol–water partition coefficient (Wildman–Crippen LogP) is 3.45. The Kier molecular flexibility index (Phi) is 5.49. The number of carboxylic acids is 1. The number of aromatic amines is 1. The molecule has 0 aliphatic heterocycles. The van der Waals surface area contributed by atoms with Crippen molar-refractivity contribution in [1.82, 2.24) is 20.0 Å². The van der Waals surface area contributed by atoms with Gasteiger partial charge in [-0.05, 0) is 22.3 Å². The quantitative estimate of drug-likeness (QED) is 0.335. The van der Waals surface area contributed by atoms with Gasteiger partial charge in [0.15, 0.2) is 11.5 Å². The van der Waals surface area contributed by atoms with Crippen molar-refractivity contribution >= 4 is 29.6 Å². The summed E-state index contributed by atoms with van der Waals surface area (Å²) in [6, 6.07) is 18.6. The summed E-state index contributed by atoms with van der Waals surface area (Å²) in [6.07, 6.45) is -0.706. The van der Waals surface area contributed by atoms with Crippen molar-refractivity contribution in [2.45, 2.75) is 5.92 Å². The summed E-state index contributed by atoms with van der Waals surface area (Å²) in [4.78, 5) is 35.9. The Bertz CT molecular complexity index is 1410. The average Bonchev–Trinajstić information content (AvgIpc) is 3.54. The molecule has 11 nitrogen and oxygen atoms in total. The van der Waals surface area contributed by atoms with Gasteiger partial charge in [-0.15, -0.1) is 0 Å². The van der Waals surface area contributed by atoms with Crippen molar-refractivity contribution in [3.8, 4) is 11.1 Å². The van der Waals surface area contributed by atoms with E-state index in [0.717, 1.165) is 22.3 Å². The van der Waals surface area contributed by atoms with Crippen molar-refractivity contribution < 1.29 is 24.2 Å². The Morgan fingerprint density at radius 2 is 1.69 bits per heavy atom. The van der Waals surface area contributed by atoms with Crippen LogP contribution in [0.1, 0.15) is 38.0 Å². The van der Waals surface area contributed by atoms with Gasteiger partial charge in [0, 0.05) is 25.1 Å². The molecule has 2 amide bonds. The molecule has 5 rings (SSSR count). The van der Waals surface area contributed by atoms with Crippen LogP contribution >= 0.6 is 0 Å². The fourth-order valence-electron chi connectivity index (χ4n) is 4.11. The summed E-state index contributed by atoms with van der Waals surface area (Å²) in [5.74, 6) is -1.59. The molecule has 176 valence electrons. The molecular formula is C24H20N6O5. The zero-order valence-corrected chi connectivity index (χ0v) is 18.5. The number of carbonyl (C=O) groups is 3. The number of aromatic nitrogens is 4. The lowest BCUT2D eigenvalue weighted by atomic mass is 9.98. The minimum Gasteiger partial charge on any atom is -0.476 e. The van der Waals surface area contributed by atoms with Crippen LogP contribution in [-0.4, -0.2) is 49.7 Å². The summed E-state index contributed by atoms with van der Waals surface area (Å²) in [7, 11) is 1.50. The summed E-state index contributed by atoms with van der Waals surface area (Å²) < 4.78 is 6.71. The number of amides is 2. The Labute approximate surface area is 198 Å². The lowest BCUT2D eigenvalue weighted by Crippen LogP contribution is -2.18. The molecule has 1 aliphatic rings. The molecular weight excluding hydrogens is 452 g/mol. The van der Waals surface area contributed by atoms with E-state index < -0.39 is 18.0 Å². The van der Waals surface area contributed by atoms with Crippen molar-refractivity contribution in [2.24, 2.45) is 7.05 Å². The molecule has 2 aromatic heterocycles. The van der Waals surface area contributed by atoms with Crippen molar-refractivity contribution in [3.05, 3.63) is 83.2 Å². The number of rotatable bonds is 6. The number of ether oxygens (including phenoxy) is 1. The standard InChI is InChI=1S/C24H20N6O5/c1-30-21(11-19(29-30)23(32)33)26-22(31)18-10-20(28-27-18)25-24(34)35-12-17-15-8-4-2-6-13(15)14-7-3-5-9-16(14)17/h2-11,17H,12H2,1H3,(H,26,31)(H,32,33)(H2,25,27,28,34). The highest BCUT2D eigenvalue weighted by Crippen LogP contribution is 2.44. The number of carboxylic acid groups (broad SMARTS) is 1. The lowest BCUT2D eigenvalue weighted by Gasteiger charge is -2.14. The maximum absolute atomic E-state index is 12.5. The van der Waals surface area contributed by atoms with Crippen LogP contribution in [-0.2, 0) is 11.8 Å². The van der Waals surface area contributed by atoms with Gasteiger partial charge in [0.2, 0.25) is 0 Å². The molecule has 35 heavy (non-hydrogen) atoms. The molecule has 0 saturated heterocycles. The molecule has 0 radical (unpaired) electrons. The smallest absolute Gasteiger partial charge is 0.412 e. The number of benzene rings is 2. The van der Waals surface area contributed by atoms with Crippen LogP contribution in [0, 0.1) is 0 Å². The first-order valence-electron chi connectivity index (χ1n) is 10.7. The Balaban J connectivity index is 1.21. The Morgan fingerprint density at radius 3 is 2.31 bits per heavy atom. The maximum atomic E-state index is 12.5. The van der Waals surface area contributed by atoms with Crippen molar-refractivity contribution in [2.75, 3.05) is 17.2 Å². The SMILES string of the molecule is Cn1nc(C(=O)O)cc1NC(=O)c1cc(NC(=O)OCC2c3ccccc3-c3ccccc32)n[nH]1. The van der Waals surface area contributed by atoms with E-state index >= 15 is 0 Å². The second-order valence-electron chi connectivity index (χ2n) is 7.92. The number of nitrogens with one attached hydrogen (secondary N) is 3. The van der Waals surface area contributed by atoms with Crippen LogP contribution < -0.4 is 10.6 Å². The van der Waals surface area contributed by atoms with E-state index in [1.807, 2.05) is 36.4 Å². The van der Waals surface area contributed by atoms with E-state index in [-0.39, 0.29) is 35.5 Å². The molecule has 2 aromatic carbocycles. The zero-order valence-electron chi connectivity index (χ0n) is 18.5. The third-order valence-corrected chi connectivity index (χ3v) is 5.74. The third-order valence-electron chi connectivity index (χ3n) is 5.74. The largest absolute Gasteiger partial charge is 0.476 e. The summed E-state index contributed by atoms with van der Waals surface area (Å²) in [6.45, 7) is 0.143. The van der Waals surface area contributed by atoms with E-state index in [0.29, 0.717) is 0 Å². The van der Waals surface area contributed by atoms with E-state index in [4.69, 9.17) is 9.84 Å². The number of aryl methyl sites for hydroxylation is 1. The van der Waals surface area contributed by atoms with Crippen LogP contribution in [0.3, 0.4) is 0 Å². The second-order valence-corrected chi connectivity index (χ2v) is 7.92. The van der Waals surface area contributed by atoms with Gasteiger partial charge in [0.1, 0.15) is 18.1 Å². The normalized spacial score (nSPS) is 12.0. The van der Waals surface area contributed by atoms with Gasteiger partial charge in [0.25, 0.3) is 5.91 Å². The van der Waals surface area contributed by atoms with Gasteiger partial charge < -0.3 is 15.2 Å². The predicted molar refractivity (Wildman–Crippen MR) is 125 cm³/mol. The van der Waals surface area contributed by atoms with Gasteiger partial charge in [0.05, 0.1) is 0 Å². The molecule has 0 spiro atoms. The van der Waals surface area contributed by atoms with E-state index in [2.05, 4.69) is 38.1 Å². The number of nitrogens with zero attached hydrogens (tertiary/aromatic N) is 3. The number of H-pyrrole nitrogens is 1. The molecule has 0 atom stereocenters. The molecule has 11 heteroatoms. The van der Waals surface area contributed by atoms with Crippen LogP contribution in [0.15, 0.2) is 60.7 Å². The topological polar surface area (TPSA) is 151 Å². The van der Waals surface area contributed by atoms with Crippen molar-refractivity contribution in [3.63, 3.8) is 0 Å². The first kappa shape index (κ1) is 21.9.